The number of alkyl halides is 4. The van der Waals surface area contributed by atoms with Crippen molar-refractivity contribution in [2.24, 2.45) is 35.5 Å². The van der Waals surface area contributed by atoms with Crippen molar-refractivity contribution in [1.29, 1.82) is 0 Å². The fraction of sp³-hybridized carbons (Fsp3) is 0.833. The maximum Gasteiger partial charge on any atom is 0.394 e. The van der Waals surface area contributed by atoms with Crippen LogP contribution in [0.15, 0.2) is 0 Å². The van der Waals surface area contributed by atoms with Gasteiger partial charge < -0.3 is 55.1 Å². The van der Waals surface area contributed by atoms with Gasteiger partial charge in [-0.25, -0.2) is 4.39 Å². The van der Waals surface area contributed by atoms with Gasteiger partial charge in [-0.1, -0.05) is 80.1 Å². The van der Waals surface area contributed by atoms with E-state index in [0.29, 0.717) is 44.9 Å². The molecule has 1 spiro atoms. The molecular weight excluding hydrogens is 1200 g/mol. The Hall–Kier alpha value is -6.11. The van der Waals surface area contributed by atoms with Gasteiger partial charge in [-0.15, -0.1) is 0 Å². The van der Waals surface area contributed by atoms with Crippen LogP contribution in [0.2, 0.25) is 0 Å². The average molecular weight is 1310 g/mol. The summed E-state index contributed by atoms with van der Waals surface area (Å²) in [5.74, 6) is -10.4. The van der Waals surface area contributed by atoms with Crippen molar-refractivity contribution >= 4 is 65.0 Å². The van der Waals surface area contributed by atoms with Gasteiger partial charge >= 0.3 is 6.18 Å². The van der Waals surface area contributed by atoms with E-state index < -0.39 is 180 Å². The lowest BCUT2D eigenvalue weighted by molar-refractivity contribution is -0.201. The zero-order chi connectivity index (χ0) is 68.6. The molecule has 0 aromatic rings. The Labute approximate surface area is 542 Å². The summed E-state index contributed by atoms with van der Waals surface area (Å²) in [6.45, 7) is 14.0. The summed E-state index contributed by atoms with van der Waals surface area (Å²) in [6, 6.07) is -9.78. The van der Waals surface area contributed by atoms with E-state index in [1.54, 1.807) is 20.9 Å². The monoisotopic (exact) mass is 1310 g/mol. The summed E-state index contributed by atoms with van der Waals surface area (Å²) in [7, 11) is 8.87. The van der Waals surface area contributed by atoms with Crippen molar-refractivity contribution < 1.29 is 70.3 Å². The molecule has 3 saturated heterocycles. The molecule has 0 radical (unpaired) electrons. The van der Waals surface area contributed by atoms with Crippen LogP contribution in [0.25, 0.3) is 0 Å². The molecule has 520 valence electrons. The molecule has 0 aromatic carbocycles. The minimum Gasteiger partial charge on any atom is -0.343 e. The number of rotatable bonds is 10. The Bertz CT molecular complexity index is 2670. The molecule has 6 fully saturated rings. The molecule has 14 atom stereocenters. The number of nitrogens with one attached hydrogen (secondary N) is 3. The van der Waals surface area contributed by atoms with Crippen LogP contribution in [0.4, 0.5) is 17.6 Å². The summed E-state index contributed by atoms with van der Waals surface area (Å²) in [5.41, 5.74) is -1.50. The molecule has 3 saturated carbocycles. The summed E-state index contributed by atoms with van der Waals surface area (Å²) >= 11 is 0. The van der Waals surface area contributed by atoms with Gasteiger partial charge in [0, 0.05) is 67.8 Å². The van der Waals surface area contributed by atoms with Gasteiger partial charge in [-0.05, 0) is 127 Å². The molecule has 11 amide bonds. The first-order chi connectivity index (χ1) is 43.1. The second-order valence-electron chi connectivity index (χ2n) is 28.4. The molecule has 26 heteroatoms. The maximum atomic E-state index is 15.2. The third-order valence-corrected chi connectivity index (χ3v) is 21.6. The van der Waals surface area contributed by atoms with E-state index in [4.69, 9.17) is 0 Å². The minimum atomic E-state index is -4.73. The van der Waals surface area contributed by atoms with E-state index in [1.165, 1.54) is 76.5 Å². The third kappa shape index (κ3) is 17.0. The van der Waals surface area contributed by atoms with Crippen molar-refractivity contribution in [3.05, 3.63) is 0 Å². The van der Waals surface area contributed by atoms with E-state index >= 15 is 14.0 Å². The number of nitrogens with zero attached hydrogens (tertiary/aromatic N) is 8. The predicted octanol–water partition coefficient (Wildman–Crippen LogP) is 5.44. The number of carbonyl (C=O) groups excluding carboxylic acids is 11. The van der Waals surface area contributed by atoms with Crippen molar-refractivity contribution in [2.75, 3.05) is 61.9 Å². The molecule has 22 nitrogen and oxygen atoms in total. The first kappa shape index (κ1) is 74.9. The van der Waals surface area contributed by atoms with Gasteiger partial charge in [-0.3, -0.25) is 52.7 Å². The molecule has 3 aliphatic carbocycles. The standard InChI is InChI=1S/C66H107F4N11O11/c1-15-39(5)53-61(89)76(11)42(8)58(86)81-33-29-49(81)60(88)78(13)55(44-22-17-18-23-44)62(90)74(9)37-51(82)71-47(28-26-43-25-27-45(46(67)36-43)66(68,69)70)59(87)80-32-21-24-48(80)57(85)73-65(30-19-20-31-65)64(92)79(14)54(40(6)16-2)63(91)75(10)41(7)35-52(83)77(12)50(34-38(3)4)56(84)72-53/h38-50,53-55H,15-37H2,1-14H3,(H,71,82)(H,72,84)(H,73,85)/t39-,40-,41+,42-,43?,45?,46?,47-,48-,49-,50-,53-,54-,55-/m0/s1. The van der Waals surface area contributed by atoms with Crippen LogP contribution >= 0.6 is 0 Å². The topological polar surface area (TPSA) is 250 Å². The highest BCUT2D eigenvalue weighted by Gasteiger charge is 2.52. The predicted molar refractivity (Wildman–Crippen MR) is 336 cm³/mol. The Morgan fingerprint density at radius 2 is 1.22 bits per heavy atom. The smallest absolute Gasteiger partial charge is 0.343 e. The zero-order valence-corrected chi connectivity index (χ0v) is 57.1. The SMILES string of the molecule is CC[C@H](C)[C@@H]1NC(=O)[C@H](CC(C)C)N(C)C(=O)C[C@@H](C)N(C)C(=O)[C@H]([C@@H](C)CC)N(C)C(=O)C2(CCCC2)NC(=O)[C@@H]2CCCN2C(=O)[C@H](CCC2CCC(C(F)(F)F)C(F)C2)NC(=O)CN(C)C(=O)[C@H](C2CCCC2)N(C)C(=O)[C@@H]2CCN2C(=O)[C@H](C)N(C)C1=O. The lowest BCUT2D eigenvalue weighted by Gasteiger charge is -2.45. The van der Waals surface area contributed by atoms with Crippen LogP contribution in [0.3, 0.4) is 0 Å². The van der Waals surface area contributed by atoms with E-state index in [1.807, 2.05) is 34.6 Å². The molecule has 3 unspecified atom stereocenters. The van der Waals surface area contributed by atoms with Crippen molar-refractivity contribution in [3.63, 3.8) is 0 Å². The fourth-order valence-corrected chi connectivity index (χ4v) is 14.9. The van der Waals surface area contributed by atoms with Gasteiger partial charge in [0.25, 0.3) is 0 Å². The van der Waals surface area contributed by atoms with Crippen LogP contribution in [-0.4, -0.2) is 238 Å². The molecule has 6 rings (SSSR count). The van der Waals surface area contributed by atoms with Gasteiger partial charge in [0.15, 0.2) is 0 Å². The quantitative estimate of drug-likeness (QED) is 0.232. The largest absolute Gasteiger partial charge is 0.394 e. The third-order valence-electron chi connectivity index (χ3n) is 21.6. The average Bonchev–Trinajstić information content (AvgIpc) is 1.19. The van der Waals surface area contributed by atoms with Gasteiger partial charge in [0.1, 0.15) is 60.0 Å². The van der Waals surface area contributed by atoms with Crippen LogP contribution in [-0.2, 0) is 52.7 Å². The highest BCUT2D eigenvalue weighted by molar-refractivity contribution is 6.00. The van der Waals surface area contributed by atoms with E-state index in [-0.39, 0.29) is 82.7 Å². The molecule has 6 aliphatic rings. The van der Waals surface area contributed by atoms with E-state index in [2.05, 4.69) is 16.0 Å². The Morgan fingerprint density at radius 3 is 1.78 bits per heavy atom. The van der Waals surface area contributed by atoms with Gasteiger partial charge in [0.05, 0.1) is 12.5 Å². The van der Waals surface area contributed by atoms with Crippen molar-refractivity contribution in [1.82, 2.24) is 55.1 Å². The number of fused-ring (bicyclic) bond motifs is 2. The molecule has 3 heterocycles. The van der Waals surface area contributed by atoms with Gasteiger partial charge in [0.2, 0.25) is 65.0 Å². The Kier molecular flexibility index (Phi) is 26.0. The second-order valence-corrected chi connectivity index (χ2v) is 28.4. The van der Waals surface area contributed by atoms with Crippen molar-refractivity contribution in [3.8, 4) is 0 Å². The number of likely N-dealkylation sites (N-methyl/N-ethyl adjacent to an activating group) is 6. The molecular formula is C66H107F4N11O11. The van der Waals surface area contributed by atoms with Gasteiger partial charge in [-0.2, -0.15) is 13.2 Å². The number of amides is 11. The molecule has 92 heavy (non-hydrogen) atoms. The number of hydrogen-bond acceptors (Lipinski definition) is 11. The zero-order valence-electron chi connectivity index (χ0n) is 57.1. The molecule has 3 aliphatic heterocycles. The van der Waals surface area contributed by atoms with Crippen LogP contribution < -0.4 is 16.0 Å². The molecule has 0 aromatic heterocycles. The van der Waals surface area contributed by atoms with Crippen LogP contribution in [0.1, 0.15) is 184 Å². The normalized spacial score (nSPS) is 31.8. The lowest BCUT2D eigenvalue weighted by Crippen LogP contribution is -2.65. The fourth-order valence-electron chi connectivity index (χ4n) is 14.9. The highest BCUT2D eigenvalue weighted by atomic mass is 19.4. The highest BCUT2D eigenvalue weighted by Crippen LogP contribution is 2.43. The first-order valence-corrected chi connectivity index (χ1v) is 33.9. The van der Waals surface area contributed by atoms with Crippen LogP contribution in [0, 0.1) is 35.5 Å². The maximum absolute atomic E-state index is 15.2. The number of halogens is 4. The Balaban J connectivity index is 1.37. The van der Waals surface area contributed by atoms with Crippen molar-refractivity contribution in [2.45, 2.75) is 256 Å². The summed E-state index contributed by atoms with van der Waals surface area (Å²) in [5, 5.41) is 8.74. The summed E-state index contributed by atoms with van der Waals surface area (Å²) in [6.07, 6.45) is -1.99. The molecule has 3 N–H and O–H groups in total. The first-order valence-electron chi connectivity index (χ1n) is 33.9. The van der Waals surface area contributed by atoms with E-state index in [0.717, 1.165) is 17.7 Å². The summed E-state index contributed by atoms with van der Waals surface area (Å²) < 4.78 is 56.5. The Morgan fingerprint density at radius 1 is 0.598 bits per heavy atom. The number of hydrogen-bond donors (Lipinski definition) is 3. The lowest BCUT2D eigenvalue weighted by atomic mass is 9.78. The minimum absolute atomic E-state index is 0.0159. The van der Waals surface area contributed by atoms with E-state index in [9.17, 15) is 56.3 Å². The number of carbonyl (C=O) groups is 11. The summed E-state index contributed by atoms with van der Waals surface area (Å²) in [4.78, 5) is 173. The molecule has 0 bridgehead atoms. The second kappa shape index (κ2) is 31.9. The van der Waals surface area contributed by atoms with Crippen LogP contribution in [0.5, 0.6) is 0 Å².